The summed E-state index contributed by atoms with van der Waals surface area (Å²) >= 11 is 2.95. The van der Waals surface area contributed by atoms with Crippen molar-refractivity contribution in [3.8, 4) is 0 Å². The van der Waals surface area contributed by atoms with Gasteiger partial charge in [0.15, 0.2) is 4.34 Å². The van der Waals surface area contributed by atoms with Gasteiger partial charge in [0.2, 0.25) is 5.91 Å². The quantitative estimate of drug-likeness (QED) is 0.181. The van der Waals surface area contributed by atoms with Crippen molar-refractivity contribution in [1.82, 2.24) is 10.3 Å². The first kappa shape index (κ1) is 26.7. The fourth-order valence-corrected chi connectivity index (χ4v) is 7.03. The van der Waals surface area contributed by atoms with Crippen LogP contribution in [-0.4, -0.2) is 22.0 Å². The number of thiazole rings is 1. The molecule has 1 atom stereocenters. The topological polar surface area (TPSA) is 71.1 Å². The molecule has 0 aliphatic heterocycles. The lowest BCUT2D eigenvalue weighted by atomic mass is 9.98. The summed E-state index contributed by atoms with van der Waals surface area (Å²) in [5, 5.41) is 7.85. The first-order valence-corrected chi connectivity index (χ1v) is 15.0. The van der Waals surface area contributed by atoms with Crippen LogP contribution in [0.2, 0.25) is 0 Å². The van der Waals surface area contributed by atoms with Crippen LogP contribution >= 0.6 is 23.1 Å². The Morgan fingerprint density at radius 2 is 1.44 bits per heavy atom. The number of nitrogens with one attached hydrogen (secondary N) is 2. The van der Waals surface area contributed by atoms with E-state index in [9.17, 15) is 9.59 Å². The van der Waals surface area contributed by atoms with E-state index in [1.165, 1.54) is 23.1 Å². The molecule has 0 saturated carbocycles. The van der Waals surface area contributed by atoms with Gasteiger partial charge >= 0.3 is 0 Å². The number of amides is 2. The van der Waals surface area contributed by atoms with E-state index in [4.69, 9.17) is 4.98 Å². The highest BCUT2D eigenvalue weighted by molar-refractivity contribution is 8.02. The second-order valence-corrected chi connectivity index (χ2v) is 12.3. The van der Waals surface area contributed by atoms with E-state index < -0.39 is 0 Å². The monoisotopic (exact) mass is 573 g/mol. The number of rotatable bonds is 8. The number of nitrogens with zero attached hydrogens (tertiary/aromatic N) is 1. The Morgan fingerprint density at radius 1 is 0.780 bits per heavy atom. The fraction of sp³-hybridized carbons (Fsp3) is 0.0882. The number of carbonyl (C=O) groups is 2. The van der Waals surface area contributed by atoms with Crippen LogP contribution in [0.25, 0.3) is 21.0 Å². The highest BCUT2D eigenvalue weighted by Crippen LogP contribution is 2.34. The van der Waals surface area contributed by atoms with Gasteiger partial charge in [-0.15, -0.1) is 11.3 Å². The number of thioether (sulfide) groups is 1. The summed E-state index contributed by atoms with van der Waals surface area (Å²) in [5.41, 5.74) is 4.23. The van der Waals surface area contributed by atoms with E-state index in [0.717, 1.165) is 36.5 Å². The van der Waals surface area contributed by atoms with Crippen LogP contribution in [0.15, 0.2) is 126 Å². The molecule has 0 radical (unpaired) electrons. The molecule has 0 fully saturated rings. The molecule has 41 heavy (non-hydrogen) atoms. The molecule has 0 bridgehead atoms. The first-order valence-electron chi connectivity index (χ1n) is 13.3. The molecule has 6 aromatic rings. The van der Waals surface area contributed by atoms with Crippen LogP contribution in [-0.2, 0) is 4.79 Å². The summed E-state index contributed by atoms with van der Waals surface area (Å²) in [6.07, 6.45) is 0. The highest BCUT2D eigenvalue weighted by atomic mass is 32.2. The summed E-state index contributed by atoms with van der Waals surface area (Å²) in [7, 11) is 0. The zero-order chi connectivity index (χ0) is 28.2. The van der Waals surface area contributed by atoms with Gasteiger partial charge in [-0.05, 0) is 53.1 Å². The van der Waals surface area contributed by atoms with E-state index >= 15 is 0 Å². The molecule has 5 aromatic carbocycles. The standard InChI is InChI=1S/C34H27N3O2S2/c1-22(32(38)37-31(24-12-4-2-5-13-24)25-14-6-3-7-15-25)40-34-36-29-20-19-26(21-30(29)41-34)35-33(39)28-18-10-16-23-11-8-9-17-27(23)28/h2-22,31H,1H3,(H,35,39)(H,37,38). The third kappa shape index (κ3) is 6.01. The average molecular weight is 574 g/mol. The van der Waals surface area contributed by atoms with Gasteiger partial charge in [0.25, 0.3) is 5.91 Å². The second kappa shape index (κ2) is 12.0. The molecule has 0 spiro atoms. The van der Waals surface area contributed by atoms with Crippen molar-refractivity contribution in [2.75, 3.05) is 5.32 Å². The SMILES string of the molecule is CC(Sc1nc2ccc(NC(=O)c3cccc4ccccc34)cc2s1)C(=O)NC(c1ccccc1)c1ccccc1. The number of hydrogen-bond donors (Lipinski definition) is 2. The van der Waals surface area contributed by atoms with Crippen LogP contribution in [0.4, 0.5) is 5.69 Å². The van der Waals surface area contributed by atoms with E-state index in [-0.39, 0.29) is 23.1 Å². The summed E-state index contributed by atoms with van der Waals surface area (Å²) in [5.74, 6) is -0.216. The third-order valence-electron chi connectivity index (χ3n) is 6.86. The van der Waals surface area contributed by atoms with E-state index in [0.29, 0.717) is 11.3 Å². The van der Waals surface area contributed by atoms with Crippen molar-refractivity contribution >= 4 is 61.6 Å². The molecule has 7 heteroatoms. The molecule has 2 amide bonds. The molecule has 0 aliphatic carbocycles. The minimum Gasteiger partial charge on any atom is -0.344 e. The maximum Gasteiger partial charge on any atom is 0.256 e. The van der Waals surface area contributed by atoms with Crippen LogP contribution in [0, 0.1) is 0 Å². The van der Waals surface area contributed by atoms with Crippen molar-refractivity contribution in [3.63, 3.8) is 0 Å². The Labute approximate surface area is 246 Å². The van der Waals surface area contributed by atoms with Crippen LogP contribution in [0.5, 0.6) is 0 Å². The Hall–Kier alpha value is -4.46. The third-order valence-corrected chi connectivity index (χ3v) is 9.07. The molecule has 0 aliphatic rings. The zero-order valence-corrected chi connectivity index (χ0v) is 23.9. The highest BCUT2D eigenvalue weighted by Gasteiger charge is 2.22. The second-order valence-electron chi connectivity index (χ2n) is 9.67. The van der Waals surface area contributed by atoms with Gasteiger partial charge in [0.05, 0.1) is 21.5 Å². The summed E-state index contributed by atoms with van der Waals surface area (Å²) < 4.78 is 1.75. The Morgan fingerprint density at radius 3 is 2.17 bits per heavy atom. The van der Waals surface area contributed by atoms with Crippen molar-refractivity contribution < 1.29 is 9.59 Å². The normalized spacial score (nSPS) is 12.0. The van der Waals surface area contributed by atoms with E-state index in [1.807, 2.05) is 128 Å². The summed E-state index contributed by atoms with van der Waals surface area (Å²) in [6.45, 7) is 1.90. The first-order chi connectivity index (χ1) is 20.0. The Kier molecular flexibility index (Phi) is 7.80. The predicted octanol–water partition coefficient (Wildman–Crippen LogP) is 8.09. The molecule has 6 rings (SSSR count). The smallest absolute Gasteiger partial charge is 0.256 e. The van der Waals surface area contributed by atoms with Crippen molar-refractivity contribution in [2.45, 2.75) is 22.6 Å². The number of anilines is 1. The molecule has 1 aromatic heterocycles. The summed E-state index contributed by atoms with van der Waals surface area (Å²) in [4.78, 5) is 31.2. The van der Waals surface area contributed by atoms with Crippen LogP contribution in [0.3, 0.4) is 0 Å². The molecule has 1 heterocycles. The maximum atomic E-state index is 13.3. The minimum atomic E-state index is -0.351. The number of carbonyl (C=O) groups excluding carboxylic acids is 2. The predicted molar refractivity (Wildman–Crippen MR) is 170 cm³/mol. The molecule has 202 valence electrons. The Balaban J connectivity index is 1.16. The van der Waals surface area contributed by atoms with Gasteiger partial charge in [-0.2, -0.15) is 0 Å². The number of fused-ring (bicyclic) bond motifs is 2. The molecule has 5 nitrogen and oxygen atoms in total. The molecule has 2 N–H and O–H groups in total. The molecule has 0 saturated heterocycles. The fourth-order valence-electron chi connectivity index (χ4n) is 4.77. The molecular weight excluding hydrogens is 547 g/mol. The van der Waals surface area contributed by atoms with Crippen molar-refractivity contribution in [1.29, 1.82) is 0 Å². The summed E-state index contributed by atoms with van der Waals surface area (Å²) in [6, 6.07) is 39.0. The van der Waals surface area contributed by atoms with Gasteiger partial charge in [0, 0.05) is 11.3 Å². The Bertz CT molecular complexity index is 1790. The van der Waals surface area contributed by atoms with Gasteiger partial charge in [-0.1, -0.05) is 109 Å². The van der Waals surface area contributed by atoms with Gasteiger partial charge in [-0.3, -0.25) is 9.59 Å². The lowest BCUT2D eigenvalue weighted by Gasteiger charge is -2.21. The maximum absolute atomic E-state index is 13.3. The number of aromatic nitrogens is 1. The van der Waals surface area contributed by atoms with Crippen molar-refractivity contribution in [3.05, 3.63) is 138 Å². The minimum absolute atomic E-state index is 0.0602. The average Bonchev–Trinajstić information content (AvgIpc) is 3.41. The lowest BCUT2D eigenvalue weighted by Crippen LogP contribution is -2.34. The van der Waals surface area contributed by atoms with Gasteiger partial charge < -0.3 is 10.6 Å². The van der Waals surface area contributed by atoms with Crippen molar-refractivity contribution in [2.24, 2.45) is 0 Å². The largest absolute Gasteiger partial charge is 0.344 e. The van der Waals surface area contributed by atoms with Gasteiger partial charge in [-0.25, -0.2) is 4.98 Å². The van der Waals surface area contributed by atoms with E-state index in [1.54, 1.807) is 0 Å². The van der Waals surface area contributed by atoms with E-state index in [2.05, 4.69) is 10.6 Å². The number of hydrogen-bond acceptors (Lipinski definition) is 5. The molecule has 1 unspecified atom stereocenters. The molecular formula is C34H27N3O2S2. The lowest BCUT2D eigenvalue weighted by molar-refractivity contribution is -0.120. The van der Waals surface area contributed by atoms with Crippen LogP contribution in [0.1, 0.15) is 34.5 Å². The van der Waals surface area contributed by atoms with Crippen LogP contribution < -0.4 is 10.6 Å². The number of benzene rings is 5. The zero-order valence-electron chi connectivity index (χ0n) is 22.3. The van der Waals surface area contributed by atoms with Gasteiger partial charge in [0.1, 0.15) is 0 Å².